The standard InChI is InChI=1S/C28H33N7O7/c1-17(2)41-10-9-34(8-7-27(37)42-18(3)4)25-13-23(31-19(5)36)24(14-26(25)40-6)32-33-28-20(15-29)11-22(35(38)39)12-21(28)16-30/h11-14,17-18H,7-10H2,1-6H3,(H,31,36). The van der Waals surface area contributed by atoms with Crippen LogP contribution in [-0.4, -0.2) is 55.8 Å². The van der Waals surface area contributed by atoms with Crippen LogP contribution >= 0.6 is 0 Å². The van der Waals surface area contributed by atoms with Gasteiger partial charge in [-0.1, -0.05) is 0 Å². The zero-order valence-corrected chi connectivity index (χ0v) is 24.3. The average molecular weight is 580 g/mol. The Morgan fingerprint density at radius 1 is 1.05 bits per heavy atom. The molecule has 0 aliphatic carbocycles. The first kappa shape index (κ1) is 33.1. The van der Waals surface area contributed by atoms with E-state index in [1.807, 2.05) is 18.7 Å². The summed E-state index contributed by atoms with van der Waals surface area (Å²) in [4.78, 5) is 36.7. The van der Waals surface area contributed by atoms with E-state index in [4.69, 9.17) is 14.2 Å². The van der Waals surface area contributed by atoms with Crippen LogP contribution in [0.3, 0.4) is 0 Å². The molecule has 0 unspecified atom stereocenters. The lowest BCUT2D eigenvalue weighted by Gasteiger charge is -2.27. The number of nitriles is 2. The summed E-state index contributed by atoms with van der Waals surface area (Å²) < 4.78 is 16.6. The number of amides is 1. The third-order valence-corrected chi connectivity index (χ3v) is 5.52. The van der Waals surface area contributed by atoms with Crippen molar-refractivity contribution in [3.8, 4) is 17.9 Å². The van der Waals surface area contributed by atoms with E-state index in [0.717, 1.165) is 12.1 Å². The number of benzene rings is 2. The SMILES string of the molecule is COc1cc(N=Nc2c(C#N)cc([N+](=O)[O-])cc2C#N)c(NC(C)=O)cc1N(CCOC(C)C)CCC(=O)OC(C)C. The van der Waals surface area contributed by atoms with Gasteiger partial charge in [-0.3, -0.25) is 19.7 Å². The third kappa shape index (κ3) is 9.53. The lowest BCUT2D eigenvalue weighted by atomic mass is 10.1. The van der Waals surface area contributed by atoms with E-state index < -0.39 is 16.5 Å². The van der Waals surface area contributed by atoms with Crippen molar-refractivity contribution < 1.29 is 28.7 Å². The number of rotatable bonds is 14. The largest absolute Gasteiger partial charge is 0.494 e. The number of non-ortho nitro benzene ring substituents is 1. The summed E-state index contributed by atoms with van der Waals surface area (Å²) in [7, 11) is 1.44. The van der Waals surface area contributed by atoms with Gasteiger partial charge in [0.2, 0.25) is 5.91 Å². The highest BCUT2D eigenvalue weighted by Gasteiger charge is 2.21. The number of azo groups is 1. The van der Waals surface area contributed by atoms with E-state index in [-0.39, 0.29) is 59.3 Å². The molecule has 0 heterocycles. The summed E-state index contributed by atoms with van der Waals surface area (Å²) >= 11 is 0. The minimum absolute atomic E-state index is 0.0200. The number of nitrogens with zero attached hydrogens (tertiary/aromatic N) is 6. The van der Waals surface area contributed by atoms with E-state index in [2.05, 4.69) is 15.5 Å². The lowest BCUT2D eigenvalue weighted by molar-refractivity contribution is -0.384. The molecule has 0 saturated heterocycles. The van der Waals surface area contributed by atoms with Crippen molar-refractivity contribution in [2.45, 2.75) is 53.2 Å². The summed E-state index contributed by atoms with van der Waals surface area (Å²) in [5.41, 5.74) is -0.187. The molecule has 42 heavy (non-hydrogen) atoms. The summed E-state index contributed by atoms with van der Waals surface area (Å²) in [6, 6.07) is 8.68. The molecule has 0 bridgehead atoms. The minimum atomic E-state index is -0.721. The first-order chi connectivity index (χ1) is 19.9. The van der Waals surface area contributed by atoms with Crippen LogP contribution in [-0.2, 0) is 19.1 Å². The number of nitro groups is 1. The monoisotopic (exact) mass is 579 g/mol. The number of nitrogens with one attached hydrogen (secondary N) is 1. The van der Waals surface area contributed by atoms with Crippen molar-refractivity contribution in [1.82, 2.24) is 0 Å². The van der Waals surface area contributed by atoms with Crippen molar-refractivity contribution in [2.75, 3.05) is 37.0 Å². The molecule has 0 fully saturated rings. The predicted molar refractivity (Wildman–Crippen MR) is 153 cm³/mol. The van der Waals surface area contributed by atoms with E-state index >= 15 is 0 Å². The van der Waals surface area contributed by atoms with E-state index in [1.165, 1.54) is 20.1 Å². The van der Waals surface area contributed by atoms with Gasteiger partial charge in [0.25, 0.3) is 5.69 Å². The van der Waals surface area contributed by atoms with Crippen molar-refractivity contribution in [3.05, 3.63) is 45.5 Å². The molecule has 14 nitrogen and oxygen atoms in total. The average Bonchev–Trinajstić information content (AvgIpc) is 2.92. The van der Waals surface area contributed by atoms with E-state index in [0.29, 0.717) is 24.6 Å². The fraction of sp³-hybridized carbons (Fsp3) is 0.429. The highest BCUT2D eigenvalue weighted by molar-refractivity contribution is 5.94. The Morgan fingerprint density at radius 2 is 1.69 bits per heavy atom. The van der Waals surface area contributed by atoms with Crippen LogP contribution in [0.5, 0.6) is 5.75 Å². The number of carbonyl (C=O) groups is 2. The molecule has 0 aliphatic rings. The fourth-order valence-corrected chi connectivity index (χ4v) is 3.75. The molecule has 2 aromatic carbocycles. The maximum atomic E-state index is 12.3. The third-order valence-electron chi connectivity index (χ3n) is 5.52. The van der Waals surface area contributed by atoms with Crippen LogP contribution in [0.15, 0.2) is 34.5 Å². The second-order valence-corrected chi connectivity index (χ2v) is 9.49. The van der Waals surface area contributed by atoms with Gasteiger partial charge in [-0.2, -0.15) is 10.5 Å². The molecule has 2 rings (SSSR count). The molecule has 1 amide bonds. The first-order valence-corrected chi connectivity index (χ1v) is 13.0. The zero-order chi connectivity index (χ0) is 31.4. The molecule has 0 spiro atoms. The number of ether oxygens (including phenoxy) is 3. The summed E-state index contributed by atoms with van der Waals surface area (Å²) in [6.07, 6.45) is -0.207. The van der Waals surface area contributed by atoms with Gasteiger partial charge < -0.3 is 24.4 Å². The van der Waals surface area contributed by atoms with E-state index in [9.17, 15) is 30.2 Å². The number of methoxy groups -OCH3 is 1. The number of nitro benzene ring substituents is 1. The van der Waals surface area contributed by atoms with Crippen molar-refractivity contribution in [3.63, 3.8) is 0 Å². The smallest absolute Gasteiger partial charge is 0.307 e. The number of anilines is 2. The molecular formula is C28H33N7O7. The van der Waals surface area contributed by atoms with Crippen molar-refractivity contribution in [1.29, 1.82) is 10.5 Å². The predicted octanol–water partition coefficient (Wildman–Crippen LogP) is 5.29. The van der Waals surface area contributed by atoms with Gasteiger partial charge in [0.15, 0.2) is 0 Å². The highest BCUT2D eigenvalue weighted by Crippen LogP contribution is 2.40. The van der Waals surface area contributed by atoms with Crippen molar-refractivity contribution >= 4 is 40.3 Å². The van der Waals surface area contributed by atoms with Crippen molar-refractivity contribution in [2.24, 2.45) is 10.2 Å². The number of hydrogen-bond donors (Lipinski definition) is 1. The normalized spacial score (nSPS) is 10.8. The van der Waals surface area contributed by atoms with Gasteiger partial charge in [0.1, 0.15) is 29.3 Å². The Labute approximate surface area is 243 Å². The maximum absolute atomic E-state index is 12.3. The highest BCUT2D eigenvalue weighted by atomic mass is 16.6. The second-order valence-electron chi connectivity index (χ2n) is 9.49. The lowest BCUT2D eigenvalue weighted by Crippen LogP contribution is -2.31. The summed E-state index contributed by atoms with van der Waals surface area (Å²) in [5, 5.41) is 41.2. The molecule has 222 valence electrons. The quantitative estimate of drug-likeness (QED) is 0.133. The number of hydrogen-bond acceptors (Lipinski definition) is 12. The molecule has 2 aromatic rings. The van der Waals surface area contributed by atoms with Gasteiger partial charge in [-0.25, -0.2) is 0 Å². The molecule has 1 N–H and O–H groups in total. The number of esters is 1. The van der Waals surface area contributed by atoms with Gasteiger partial charge in [0, 0.05) is 38.2 Å². The van der Waals surface area contributed by atoms with Crippen LogP contribution < -0.4 is 15.0 Å². The maximum Gasteiger partial charge on any atom is 0.307 e. The van der Waals surface area contributed by atoms with Crippen LogP contribution in [0.25, 0.3) is 0 Å². The summed E-state index contributed by atoms with van der Waals surface area (Å²) in [6.45, 7) is 9.60. The van der Waals surface area contributed by atoms with Gasteiger partial charge in [-0.15, -0.1) is 10.2 Å². The Hall–Kier alpha value is -5.08. The Balaban J connectivity index is 2.61. The Morgan fingerprint density at radius 3 is 2.19 bits per heavy atom. The van der Waals surface area contributed by atoms with Crippen LogP contribution in [0.4, 0.5) is 28.4 Å². The van der Waals surface area contributed by atoms with Gasteiger partial charge >= 0.3 is 5.97 Å². The molecule has 0 saturated carbocycles. The molecule has 0 aromatic heterocycles. The molecule has 14 heteroatoms. The van der Waals surface area contributed by atoms with Crippen LogP contribution in [0.2, 0.25) is 0 Å². The summed E-state index contributed by atoms with van der Waals surface area (Å²) in [5.74, 6) is -0.469. The second kappa shape index (κ2) is 15.6. The van der Waals surface area contributed by atoms with Gasteiger partial charge in [-0.05, 0) is 33.8 Å². The van der Waals surface area contributed by atoms with Crippen LogP contribution in [0.1, 0.15) is 52.2 Å². The molecular weight excluding hydrogens is 546 g/mol. The van der Waals surface area contributed by atoms with Gasteiger partial charge in [0.05, 0.1) is 59.8 Å². The van der Waals surface area contributed by atoms with E-state index in [1.54, 1.807) is 32.1 Å². The number of carbonyl (C=O) groups excluding carboxylic acids is 2. The minimum Gasteiger partial charge on any atom is -0.494 e. The Kier molecular flexibility index (Phi) is 12.3. The molecule has 0 aliphatic heterocycles. The molecule has 0 atom stereocenters. The zero-order valence-electron chi connectivity index (χ0n) is 24.3. The Bertz CT molecular complexity index is 1390. The first-order valence-electron chi connectivity index (χ1n) is 13.0. The van der Waals surface area contributed by atoms with Crippen LogP contribution in [0, 0.1) is 32.8 Å². The fourth-order valence-electron chi connectivity index (χ4n) is 3.75. The topological polar surface area (TPSA) is 193 Å². The molecule has 0 radical (unpaired) electrons.